The first-order valence-corrected chi connectivity index (χ1v) is 8.82. The Labute approximate surface area is 151 Å². The molecule has 0 aliphatic carbocycles. The van der Waals surface area contributed by atoms with Crippen molar-refractivity contribution in [2.45, 2.75) is 37.8 Å². The van der Waals surface area contributed by atoms with Gasteiger partial charge in [-0.3, -0.25) is 4.99 Å². The molecule has 2 heterocycles. The van der Waals surface area contributed by atoms with E-state index in [9.17, 15) is 13.2 Å². The van der Waals surface area contributed by atoms with E-state index < -0.39 is 11.7 Å². The molecule has 1 aromatic rings. The lowest BCUT2D eigenvalue weighted by Gasteiger charge is -2.37. The van der Waals surface area contributed by atoms with Crippen LogP contribution in [-0.2, 0) is 22.2 Å². The van der Waals surface area contributed by atoms with Gasteiger partial charge in [0.15, 0.2) is 5.96 Å². The molecule has 0 aromatic heterocycles. The van der Waals surface area contributed by atoms with Gasteiger partial charge in [0.05, 0.1) is 18.3 Å². The maximum Gasteiger partial charge on any atom is 0.416 e. The zero-order valence-corrected chi connectivity index (χ0v) is 14.8. The molecule has 0 spiro atoms. The van der Waals surface area contributed by atoms with Gasteiger partial charge in [-0.25, -0.2) is 0 Å². The number of ether oxygens (including phenoxy) is 2. The molecule has 0 saturated carbocycles. The molecule has 5 nitrogen and oxygen atoms in total. The zero-order chi connectivity index (χ0) is 18.6. The summed E-state index contributed by atoms with van der Waals surface area (Å²) in [5.74, 6) is 0.719. The molecule has 2 aliphatic heterocycles. The van der Waals surface area contributed by atoms with Gasteiger partial charge in [0.25, 0.3) is 0 Å². The summed E-state index contributed by atoms with van der Waals surface area (Å²) in [6.45, 7) is 3.21. The van der Waals surface area contributed by atoms with Crippen LogP contribution in [0.5, 0.6) is 0 Å². The summed E-state index contributed by atoms with van der Waals surface area (Å²) in [6.07, 6.45) is -2.09. The van der Waals surface area contributed by atoms with Crippen molar-refractivity contribution in [1.29, 1.82) is 0 Å². The Morgan fingerprint density at radius 2 is 1.92 bits per heavy atom. The SMILES string of the molecule is CN=C(NCc1ccc(C(F)(F)F)cc1)N1CCOC(C2CCCO2)C1. The molecule has 1 N–H and O–H groups in total. The van der Waals surface area contributed by atoms with Crippen LogP contribution in [0.4, 0.5) is 13.2 Å². The van der Waals surface area contributed by atoms with Crippen molar-refractivity contribution in [3.05, 3.63) is 35.4 Å². The second-order valence-electron chi connectivity index (χ2n) is 6.50. The summed E-state index contributed by atoms with van der Waals surface area (Å²) in [5, 5.41) is 3.22. The highest BCUT2D eigenvalue weighted by Crippen LogP contribution is 2.29. The normalized spacial score (nSPS) is 24.8. The van der Waals surface area contributed by atoms with E-state index in [1.165, 1.54) is 12.1 Å². The van der Waals surface area contributed by atoms with E-state index in [0.717, 1.165) is 49.6 Å². The minimum absolute atomic E-state index is 0.0240. The van der Waals surface area contributed by atoms with E-state index in [-0.39, 0.29) is 12.2 Å². The van der Waals surface area contributed by atoms with Crippen LogP contribution >= 0.6 is 0 Å². The number of rotatable bonds is 3. The van der Waals surface area contributed by atoms with E-state index in [0.29, 0.717) is 19.7 Å². The smallest absolute Gasteiger partial charge is 0.375 e. The minimum Gasteiger partial charge on any atom is -0.375 e. The summed E-state index contributed by atoms with van der Waals surface area (Å²) >= 11 is 0. The number of hydrogen-bond donors (Lipinski definition) is 1. The summed E-state index contributed by atoms with van der Waals surface area (Å²) < 4.78 is 49.5. The summed E-state index contributed by atoms with van der Waals surface area (Å²) in [7, 11) is 1.70. The molecule has 0 amide bonds. The van der Waals surface area contributed by atoms with E-state index in [1.807, 2.05) is 0 Å². The molecule has 2 saturated heterocycles. The quantitative estimate of drug-likeness (QED) is 0.656. The molecule has 144 valence electrons. The number of halogens is 3. The summed E-state index contributed by atoms with van der Waals surface area (Å²) in [6, 6.07) is 5.17. The van der Waals surface area contributed by atoms with Crippen LogP contribution < -0.4 is 5.32 Å². The second-order valence-corrected chi connectivity index (χ2v) is 6.50. The number of nitrogens with zero attached hydrogens (tertiary/aromatic N) is 2. The highest BCUT2D eigenvalue weighted by atomic mass is 19.4. The van der Waals surface area contributed by atoms with Gasteiger partial charge >= 0.3 is 6.18 Å². The molecule has 2 unspecified atom stereocenters. The molecule has 0 bridgehead atoms. The third kappa shape index (κ3) is 4.67. The van der Waals surface area contributed by atoms with E-state index in [4.69, 9.17) is 9.47 Å². The molecule has 2 fully saturated rings. The van der Waals surface area contributed by atoms with Crippen LogP contribution in [0.3, 0.4) is 0 Å². The van der Waals surface area contributed by atoms with Crippen molar-refractivity contribution < 1.29 is 22.6 Å². The Hall–Kier alpha value is -1.80. The molecule has 8 heteroatoms. The molecule has 3 rings (SSSR count). The van der Waals surface area contributed by atoms with Crippen molar-refractivity contribution in [2.24, 2.45) is 4.99 Å². The third-order valence-electron chi connectivity index (χ3n) is 4.72. The van der Waals surface area contributed by atoms with Crippen LogP contribution in [-0.4, -0.2) is 56.4 Å². The van der Waals surface area contributed by atoms with Gasteiger partial charge in [-0.15, -0.1) is 0 Å². The second kappa shape index (κ2) is 8.26. The van der Waals surface area contributed by atoms with E-state index >= 15 is 0 Å². The first-order chi connectivity index (χ1) is 12.5. The fourth-order valence-electron chi connectivity index (χ4n) is 3.31. The van der Waals surface area contributed by atoms with Gasteiger partial charge < -0.3 is 19.7 Å². The van der Waals surface area contributed by atoms with Crippen LogP contribution in [0.25, 0.3) is 0 Å². The topological polar surface area (TPSA) is 46.1 Å². The highest BCUT2D eigenvalue weighted by molar-refractivity contribution is 5.80. The van der Waals surface area contributed by atoms with E-state index in [1.54, 1.807) is 7.05 Å². The number of guanidine groups is 1. The minimum atomic E-state index is -4.31. The number of benzene rings is 1. The zero-order valence-electron chi connectivity index (χ0n) is 14.8. The van der Waals surface area contributed by atoms with Gasteiger partial charge in [0.2, 0.25) is 0 Å². The number of alkyl halides is 3. The van der Waals surface area contributed by atoms with Gasteiger partial charge in [0.1, 0.15) is 6.10 Å². The van der Waals surface area contributed by atoms with Crippen LogP contribution in [0.2, 0.25) is 0 Å². The maximum atomic E-state index is 12.6. The van der Waals surface area contributed by atoms with Gasteiger partial charge in [-0.1, -0.05) is 12.1 Å². The Morgan fingerprint density at radius 1 is 1.19 bits per heavy atom. The molecular formula is C18H24F3N3O2. The summed E-state index contributed by atoms with van der Waals surface area (Å²) in [5.41, 5.74) is 0.126. The molecule has 2 atom stereocenters. The highest BCUT2D eigenvalue weighted by Gasteiger charge is 2.32. The van der Waals surface area contributed by atoms with Gasteiger partial charge in [-0.05, 0) is 30.5 Å². The van der Waals surface area contributed by atoms with Crippen molar-refractivity contribution in [3.63, 3.8) is 0 Å². The lowest BCUT2D eigenvalue weighted by atomic mass is 10.1. The maximum absolute atomic E-state index is 12.6. The standard InChI is InChI=1S/C18H24F3N3O2/c1-22-17(23-11-13-4-6-14(7-5-13)18(19,20)21)24-8-10-26-16(12-24)15-3-2-9-25-15/h4-7,15-16H,2-3,8-12H2,1H3,(H,22,23). The van der Waals surface area contributed by atoms with Crippen molar-refractivity contribution in [3.8, 4) is 0 Å². The van der Waals surface area contributed by atoms with Crippen LogP contribution in [0.1, 0.15) is 24.0 Å². The van der Waals surface area contributed by atoms with Crippen molar-refractivity contribution in [1.82, 2.24) is 10.2 Å². The number of morpholine rings is 1. The molecule has 0 radical (unpaired) electrons. The Balaban J connectivity index is 1.55. The predicted molar refractivity (Wildman–Crippen MR) is 91.9 cm³/mol. The van der Waals surface area contributed by atoms with Crippen LogP contribution in [0.15, 0.2) is 29.3 Å². The van der Waals surface area contributed by atoms with Gasteiger partial charge in [0, 0.05) is 33.3 Å². The lowest BCUT2D eigenvalue weighted by Crippen LogP contribution is -2.53. The van der Waals surface area contributed by atoms with Crippen molar-refractivity contribution >= 4 is 5.96 Å². The molecule has 2 aliphatic rings. The number of aliphatic imine (C=N–C) groups is 1. The van der Waals surface area contributed by atoms with Crippen LogP contribution in [0, 0.1) is 0 Å². The van der Waals surface area contributed by atoms with Crippen molar-refractivity contribution in [2.75, 3.05) is 33.4 Å². The largest absolute Gasteiger partial charge is 0.416 e. The number of hydrogen-bond acceptors (Lipinski definition) is 3. The number of nitrogens with one attached hydrogen (secondary N) is 1. The summed E-state index contributed by atoms with van der Waals surface area (Å²) in [4.78, 5) is 6.41. The van der Waals surface area contributed by atoms with E-state index in [2.05, 4.69) is 15.2 Å². The molecule has 26 heavy (non-hydrogen) atoms. The first-order valence-electron chi connectivity index (χ1n) is 8.82. The molecular weight excluding hydrogens is 347 g/mol. The van der Waals surface area contributed by atoms with Gasteiger partial charge in [-0.2, -0.15) is 13.2 Å². The Bertz CT molecular complexity index is 613. The fraction of sp³-hybridized carbons (Fsp3) is 0.611. The Kier molecular flexibility index (Phi) is 6.03. The fourth-order valence-corrected chi connectivity index (χ4v) is 3.31. The Morgan fingerprint density at radius 3 is 2.54 bits per heavy atom. The monoisotopic (exact) mass is 371 g/mol. The molecule has 1 aromatic carbocycles. The first kappa shape index (κ1) is 19.0. The third-order valence-corrected chi connectivity index (χ3v) is 4.72. The lowest BCUT2D eigenvalue weighted by molar-refractivity contribution is -0.137. The predicted octanol–water partition coefficient (Wildman–Crippen LogP) is 2.66. The average Bonchev–Trinajstić information content (AvgIpc) is 3.17. The average molecular weight is 371 g/mol.